The molecule has 27 heavy (non-hydrogen) atoms. The van der Waals surface area contributed by atoms with Gasteiger partial charge in [0.2, 0.25) is 5.88 Å². The largest absolute Gasteiger partial charge is 0.475 e. The Hall–Kier alpha value is -1.55. The molecule has 0 saturated carbocycles. The van der Waals surface area contributed by atoms with Crippen molar-refractivity contribution in [1.82, 2.24) is 20.8 Å². The number of hydrogen-bond acceptors (Lipinski definition) is 5. The Bertz CT molecular complexity index is 702. The zero-order chi connectivity index (χ0) is 18.8. The van der Waals surface area contributed by atoms with Crippen molar-refractivity contribution < 1.29 is 9.26 Å². The summed E-state index contributed by atoms with van der Waals surface area (Å²) in [5.41, 5.74) is 2.04. The lowest BCUT2D eigenvalue weighted by Crippen LogP contribution is -2.39. The third kappa shape index (κ3) is 7.17. The molecule has 0 spiro atoms. The molecule has 0 fully saturated rings. The molecule has 9 heteroatoms. The molecule has 0 aliphatic heterocycles. The summed E-state index contributed by atoms with van der Waals surface area (Å²) in [6.45, 7) is 8.43. The van der Waals surface area contributed by atoms with Crippen LogP contribution in [0.3, 0.4) is 0 Å². The van der Waals surface area contributed by atoms with Gasteiger partial charge in [0, 0.05) is 24.7 Å². The Labute approximate surface area is 182 Å². The first kappa shape index (κ1) is 23.5. The molecule has 150 valence electrons. The standard InChI is InChI=1S/C18H26ClN5O2.HI/c1-4-15-13(16(5-2)26-24-15)12-23-18(20-6-3)22-10-11-25-17-14(19)8-7-9-21-17;/h7-9H,4-6,10-12H2,1-3H3,(H2,20,22,23);1H. The van der Waals surface area contributed by atoms with Crippen LogP contribution in [0.2, 0.25) is 5.02 Å². The fraction of sp³-hybridized carbons (Fsp3) is 0.500. The van der Waals surface area contributed by atoms with Gasteiger partial charge in [0.05, 0.1) is 18.8 Å². The SMILES string of the molecule is CCNC(=NCc1c(CC)noc1CC)NCCOc1ncccc1Cl.I. The van der Waals surface area contributed by atoms with Crippen molar-refractivity contribution in [3.8, 4) is 5.88 Å². The van der Waals surface area contributed by atoms with Crippen LogP contribution in [0.15, 0.2) is 27.8 Å². The summed E-state index contributed by atoms with van der Waals surface area (Å²) in [7, 11) is 0. The Morgan fingerprint density at radius 2 is 2.07 bits per heavy atom. The fourth-order valence-electron chi connectivity index (χ4n) is 2.41. The molecular weight excluding hydrogens is 481 g/mol. The third-order valence-electron chi connectivity index (χ3n) is 3.70. The van der Waals surface area contributed by atoms with Gasteiger partial charge in [-0.3, -0.25) is 0 Å². The summed E-state index contributed by atoms with van der Waals surface area (Å²) < 4.78 is 11.0. The molecule has 0 bridgehead atoms. The summed E-state index contributed by atoms with van der Waals surface area (Å²) in [5.74, 6) is 2.05. The number of ether oxygens (including phenoxy) is 1. The van der Waals surface area contributed by atoms with Gasteiger partial charge in [-0.2, -0.15) is 0 Å². The van der Waals surface area contributed by atoms with Crippen molar-refractivity contribution in [2.75, 3.05) is 19.7 Å². The number of aryl methyl sites for hydroxylation is 2. The molecule has 0 unspecified atom stereocenters. The van der Waals surface area contributed by atoms with Gasteiger partial charge >= 0.3 is 0 Å². The molecule has 0 amide bonds. The molecule has 0 saturated heterocycles. The Morgan fingerprint density at radius 1 is 1.26 bits per heavy atom. The van der Waals surface area contributed by atoms with Crippen LogP contribution in [-0.4, -0.2) is 35.8 Å². The lowest BCUT2D eigenvalue weighted by atomic mass is 10.1. The van der Waals surface area contributed by atoms with Gasteiger partial charge in [-0.05, 0) is 25.5 Å². The van der Waals surface area contributed by atoms with Crippen molar-refractivity contribution in [3.05, 3.63) is 40.4 Å². The van der Waals surface area contributed by atoms with E-state index in [2.05, 4.69) is 39.6 Å². The van der Waals surface area contributed by atoms with E-state index in [4.69, 9.17) is 20.9 Å². The molecule has 2 rings (SSSR count). The number of halogens is 2. The zero-order valence-electron chi connectivity index (χ0n) is 15.9. The molecule has 0 radical (unpaired) electrons. The summed E-state index contributed by atoms with van der Waals surface area (Å²) in [6, 6.07) is 3.52. The third-order valence-corrected chi connectivity index (χ3v) is 3.99. The molecule has 0 aliphatic rings. The summed E-state index contributed by atoms with van der Waals surface area (Å²) >= 11 is 6.02. The molecule has 0 aromatic carbocycles. The quantitative estimate of drug-likeness (QED) is 0.234. The second-order valence-corrected chi connectivity index (χ2v) is 5.91. The minimum Gasteiger partial charge on any atom is -0.475 e. The van der Waals surface area contributed by atoms with Crippen LogP contribution in [0.25, 0.3) is 0 Å². The Balaban J connectivity index is 0.00000364. The predicted molar refractivity (Wildman–Crippen MR) is 118 cm³/mol. The van der Waals surface area contributed by atoms with E-state index < -0.39 is 0 Å². The van der Waals surface area contributed by atoms with Crippen LogP contribution in [-0.2, 0) is 19.4 Å². The minimum absolute atomic E-state index is 0. The molecule has 0 atom stereocenters. The monoisotopic (exact) mass is 507 g/mol. The van der Waals surface area contributed by atoms with Crippen LogP contribution in [0.5, 0.6) is 5.88 Å². The van der Waals surface area contributed by atoms with Crippen molar-refractivity contribution in [1.29, 1.82) is 0 Å². The highest BCUT2D eigenvalue weighted by Gasteiger charge is 2.13. The smallest absolute Gasteiger partial charge is 0.232 e. The van der Waals surface area contributed by atoms with E-state index in [1.807, 2.05) is 6.92 Å². The highest BCUT2D eigenvalue weighted by Crippen LogP contribution is 2.19. The van der Waals surface area contributed by atoms with E-state index in [0.717, 1.165) is 36.4 Å². The van der Waals surface area contributed by atoms with Crippen LogP contribution >= 0.6 is 35.6 Å². The number of aromatic nitrogens is 2. The molecule has 2 N–H and O–H groups in total. The number of guanidine groups is 1. The summed E-state index contributed by atoms with van der Waals surface area (Å²) in [6.07, 6.45) is 3.28. The van der Waals surface area contributed by atoms with Gasteiger partial charge in [-0.25, -0.2) is 9.98 Å². The maximum absolute atomic E-state index is 6.02. The average molecular weight is 508 g/mol. The van der Waals surface area contributed by atoms with Crippen molar-refractivity contribution >= 4 is 41.5 Å². The van der Waals surface area contributed by atoms with E-state index in [0.29, 0.717) is 36.6 Å². The van der Waals surface area contributed by atoms with E-state index in [1.165, 1.54) is 0 Å². The zero-order valence-corrected chi connectivity index (χ0v) is 19.0. The predicted octanol–water partition coefficient (Wildman–Crippen LogP) is 3.60. The number of rotatable bonds is 9. The topological polar surface area (TPSA) is 84.6 Å². The number of nitrogens with one attached hydrogen (secondary N) is 2. The average Bonchev–Trinajstić information content (AvgIpc) is 3.06. The maximum Gasteiger partial charge on any atom is 0.232 e. The van der Waals surface area contributed by atoms with Gasteiger partial charge in [-0.1, -0.05) is 30.6 Å². The van der Waals surface area contributed by atoms with Crippen LogP contribution in [0.1, 0.15) is 37.8 Å². The number of aliphatic imine (C=N–C) groups is 1. The molecule has 7 nitrogen and oxygen atoms in total. The lowest BCUT2D eigenvalue weighted by Gasteiger charge is -2.12. The normalized spacial score (nSPS) is 11.0. The van der Waals surface area contributed by atoms with E-state index >= 15 is 0 Å². The minimum atomic E-state index is 0. The van der Waals surface area contributed by atoms with Crippen molar-refractivity contribution in [3.63, 3.8) is 0 Å². The van der Waals surface area contributed by atoms with Crippen LogP contribution in [0.4, 0.5) is 0 Å². The molecule has 2 aromatic rings. The first-order chi connectivity index (χ1) is 12.7. The highest BCUT2D eigenvalue weighted by atomic mass is 127. The Kier molecular flexibility index (Phi) is 11.1. The fourth-order valence-corrected chi connectivity index (χ4v) is 2.59. The second-order valence-electron chi connectivity index (χ2n) is 5.50. The van der Waals surface area contributed by atoms with Gasteiger partial charge in [-0.15, -0.1) is 24.0 Å². The number of pyridine rings is 1. The molecule has 2 heterocycles. The number of nitrogens with zero attached hydrogens (tertiary/aromatic N) is 3. The molecular formula is C18H27ClIN5O2. The molecule has 0 aliphatic carbocycles. The second kappa shape index (κ2) is 12.8. The Morgan fingerprint density at radius 3 is 2.74 bits per heavy atom. The van der Waals surface area contributed by atoms with Crippen molar-refractivity contribution in [2.45, 2.75) is 40.2 Å². The highest BCUT2D eigenvalue weighted by molar-refractivity contribution is 14.0. The first-order valence-corrected chi connectivity index (χ1v) is 9.29. The van der Waals surface area contributed by atoms with Gasteiger partial charge in [0.15, 0.2) is 5.96 Å². The van der Waals surface area contributed by atoms with Crippen LogP contribution < -0.4 is 15.4 Å². The first-order valence-electron chi connectivity index (χ1n) is 8.91. The summed E-state index contributed by atoms with van der Waals surface area (Å²) in [4.78, 5) is 8.73. The van der Waals surface area contributed by atoms with E-state index in [-0.39, 0.29) is 24.0 Å². The van der Waals surface area contributed by atoms with E-state index in [9.17, 15) is 0 Å². The van der Waals surface area contributed by atoms with Crippen molar-refractivity contribution in [2.24, 2.45) is 4.99 Å². The lowest BCUT2D eigenvalue weighted by molar-refractivity contribution is 0.310. The maximum atomic E-state index is 6.02. The number of hydrogen-bond donors (Lipinski definition) is 2. The molecule has 2 aromatic heterocycles. The van der Waals surface area contributed by atoms with Gasteiger partial charge in [0.1, 0.15) is 17.4 Å². The summed E-state index contributed by atoms with van der Waals surface area (Å²) in [5, 5.41) is 11.1. The van der Waals surface area contributed by atoms with Crippen LogP contribution in [0, 0.1) is 0 Å². The van der Waals surface area contributed by atoms with Gasteiger partial charge in [0.25, 0.3) is 0 Å². The van der Waals surface area contributed by atoms with Gasteiger partial charge < -0.3 is 19.9 Å². The van der Waals surface area contributed by atoms with E-state index in [1.54, 1.807) is 18.3 Å².